The predicted molar refractivity (Wildman–Crippen MR) is 173 cm³/mol. The number of carbonyl (C=O) groups excluding carboxylic acids is 1. The van der Waals surface area contributed by atoms with E-state index in [2.05, 4.69) is 54.9 Å². The standard InChI is InChI=1S/C32H39N9O3/c1-32(2,3)25-18-26(39-44-25)37-31(43)36-23-8-10-24(11-9-23)41-30-27(29(33)34-19-35-30)28(38-41)22-6-4-20(5-7-22)21-12-14-40(15-13-21)16-17-42/h4-11,18-19,21,27,29,42H,12-17,33H2,1-3H3,(H2,36,37,39,43). The molecule has 6 rings (SSSR count). The van der Waals surface area contributed by atoms with Crippen molar-refractivity contribution in [2.45, 2.75) is 51.1 Å². The maximum absolute atomic E-state index is 12.6. The number of nitrogens with zero attached hydrogens (tertiary/aromatic N) is 6. The highest BCUT2D eigenvalue weighted by molar-refractivity contribution is 6.25. The Kier molecular flexibility index (Phi) is 8.30. The summed E-state index contributed by atoms with van der Waals surface area (Å²) in [7, 11) is 0. The molecule has 1 saturated heterocycles. The van der Waals surface area contributed by atoms with Crippen LogP contribution in [0.2, 0.25) is 0 Å². The Hall–Kier alpha value is -4.39. The number of nitrogens with one attached hydrogen (secondary N) is 2. The molecular weight excluding hydrogens is 558 g/mol. The minimum Gasteiger partial charge on any atom is -0.395 e. The number of aliphatic imine (C=N–C) groups is 2. The van der Waals surface area contributed by atoms with Crippen molar-refractivity contribution in [2.75, 3.05) is 41.9 Å². The number of aliphatic hydroxyl groups excluding tert-OH is 1. The van der Waals surface area contributed by atoms with Gasteiger partial charge in [-0.2, -0.15) is 5.10 Å². The number of β-amino-alcohol motifs (C(OH)–C–C–N with tert-alkyl or cyclic N) is 1. The van der Waals surface area contributed by atoms with Crippen LogP contribution >= 0.6 is 0 Å². The summed E-state index contributed by atoms with van der Waals surface area (Å²) < 4.78 is 5.34. The largest absolute Gasteiger partial charge is 0.395 e. The number of amides is 2. The first-order valence-electron chi connectivity index (χ1n) is 15.0. The van der Waals surface area contributed by atoms with Crippen molar-refractivity contribution in [3.8, 4) is 0 Å². The number of carbonyl (C=O) groups is 1. The van der Waals surface area contributed by atoms with Crippen molar-refractivity contribution in [1.82, 2.24) is 10.1 Å². The first-order chi connectivity index (χ1) is 21.2. The summed E-state index contributed by atoms with van der Waals surface area (Å²) >= 11 is 0. The van der Waals surface area contributed by atoms with Crippen molar-refractivity contribution in [2.24, 2.45) is 26.7 Å². The van der Waals surface area contributed by atoms with Gasteiger partial charge >= 0.3 is 6.03 Å². The molecule has 12 heteroatoms. The molecule has 12 nitrogen and oxygen atoms in total. The second kappa shape index (κ2) is 12.3. The Bertz CT molecular complexity index is 1560. The SMILES string of the molecule is CC(C)(C)c1cc(NC(=O)Nc2ccc(N3N=C(c4ccc(C5CCN(CCO)CC5)cc4)C4C3=NC=NC4N)cc2)no1. The number of hydrogen-bond donors (Lipinski definition) is 4. The number of benzene rings is 2. The number of aromatic nitrogens is 1. The third-order valence-electron chi connectivity index (χ3n) is 8.31. The molecular formula is C32H39N9O3. The Morgan fingerprint density at radius 2 is 1.80 bits per heavy atom. The number of amidine groups is 1. The highest BCUT2D eigenvalue weighted by Gasteiger charge is 2.40. The lowest BCUT2D eigenvalue weighted by atomic mass is 9.87. The molecule has 3 aliphatic heterocycles. The molecule has 2 amide bonds. The zero-order valence-corrected chi connectivity index (χ0v) is 25.3. The van der Waals surface area contributed by atoms with Gasteiger partial charge < -0.3 is 25.6 Å². The smallest absolute Gasteiger partial charge is 0.324 e. The number of piperidine rings is 1. The summed E-state index contributed by atoms with van der Waals surface area (Å²) in [5.74, 6) is 1.96. The molecule has 2 unspecified atom stereocenters. The van der Waals surface area contributed by atoms with Crippen molar-refractivity contribution in [1.29, 1.82) is 0 Å². The molecule has 2 atom stereocenters. The van der Waals surface area contributed by atoms with E-state index in [9.17, 15) is 9.90 Å². The lowest BCUT2D eigenvalue weighted by Gasteiger charge is -2.31. The first kappa shape index (κ1) is 29.7. The minimum absolute atomic E-state index is 0.207. The van der Waals surface area contributed by atoms with E-state index in [1.807, 2.05) is 32.9 Å². The molecule has 2 aromatic carbocycles. The van der Waals surface area contributed by atoms with Crippen molar-refractivity contribution < 1.29 is 14.4 Å². The Morgan fingerprint density at radius 1 is 1.07 bits per heavy atom. The summed E-state index contributed by atoms with van der Waals surface area (Å²) in [5.41, 5.74) is 10.8. The average molecular weight is 598 g/mol. The Morgan fingerprint density at radius 3 is 2.45 bits per heavy atom. The third-order valence-corrected chi connectivity index (χ3v) is 8.31. The van der Waals surface area contributed by atoms with Gasteiger partial charge in [0.1, 0.15) is 24.1 Å². The fourth-order valence-corrected chi connectivity index (χ4v) is 5.82. The van der Waals surface area contributed by atoms with Gasteiger partial charge in [-0.1, -0.05) is 50.2 Å². The number of hydrazone groups is 1. The Balaban J connectivity index is 1.15. The van der Waals surface area contributed by atoms with Gasteiger partial charge in [-0.15, -0.1) is 0 Å². The molecule has 230 valence electrons. The maximum atomic E-state index is 12.6. The zero-order chi connectivity index (χ0) is 30.8. The van der Waals surface area contributed by atoms with E-state index in [0.29, 0.717) is 29.0 Å². The average Bonchev–Trinajstić information content (AvgIpc) is 3.65. The molecule has 0 bridgehead atoms. The number of anilines is 3. The van der Waals surface area contributed by atoms with Gasteiger partial charge in [0, 0.05) is 23.7 Å². The molecule has 0 radical (unpaired) electrons. The first-order valence-corrected chi connectivity index (χ1v) is 15.0. The highest BCUT2D eigenvalue weighted by Crippen LogP contribution is 2.33. The molecule has 0 spiro atoms. The molecule has 0 aliphatic carbocycles. The van der Waals surface area contributed by atoms with Crippen LogP contribution in [0.1, 0.15) is 56.4 Å². The van der Waals surface area contributed by atoms with E-state index in [-0.39, 0.29) is 17.9 Å². The van der Waals surface area contributed by atoms with Crippen LogP contribution in [-0.2, 0) is 5.41 Å². The second-order valence-electron chi connectivity index (χ2n) is 12.4. The molecule has 44 heavy (non-hydrogen) atoms. The van der Waals surface area contributed by atoms with Gasteiger partial charge in [-0.3, -0.25) is 10.3 Å². The van der Waals surface area contributed by atoms with Gasteiger partial charge in [0.25, 0.3) is 0 Å². The van der Waals surface area contributed by atoms with Gasteiger partial charge in [-0.05, 0) is 67.2 Å². The summed E-state index contributed by atoms with van der Waals surface area (Å²) in [6.45, 7) is 8.99. The Labute approximate surface area is 256 Å². The van der Waals surface area contributed by atoms with Crippen molar-refractivity contribution in [3.63, 3.8) is 0 Å². The van der Waals surface area contributed by atoms with E-state index in [0.717, 1.165) is 49.4 Å². The van der Waals surface area contributed by atoms with Gasteiger partial charge in [0.15, 0.2) is 5.82 Å². The van der Waals surface area contributed by atoms with Crippen LogP contribution in [0.3, 0.4) is 0 Å². The number of fused-ring (bicyclic) bond motifs is 1. The van der Waals surface area contributed by atoms with E-state index < -0.39 is 12.2 Å². The quantitative estimate of drug-likeness (QED) is 0.315. The molecule has 3 aliphatic rings. The summed E-state index contributed by atoms with van der Waals surface area (Å²) in [5, 5.41) is 25.5. The number of likely N-dealkylation sites (tertiary alicyclic amines) is 1. The highest BCUT2D eigenvalue weighted by atomic mass is 16.5. The van der Waals surface area contributed by atoms with Gasteiger partial charge in [0.05, 0.1) is 23.9 Å². The second-order valence-corrected chi connectivity index (χ2v) is 12.4. The summed E-state index contributed by atoms with van der Waals surface area (Å²) in [6.07, 6.45) is 3.15. The number of nitrogens with two attached hydrogens (primary N) is 1. The van der Waals surface area contributed by atoms with Crippen LogP contribution in [-0.4, -0.2) is 71.5 Å². The van der Waals surface area contributed by atoms with Gasteiger partial charge in [-0.25, -0.2) is 14.8 Å². The molecule has 0 saturated carbocycles. The minimum atomic E-state index is -0.498. The summed E-state index contributed by atoms with van der Waals surface area (Å²) in [4.78, 5) is 23.8. The van der Waals surface area contributed by atoms with Crippen LogP contribution in [0, 0.1) is 5.92 Å². The van der Waals surface area contributed by atoms with E-state index in [1.165, 1.54) is 11.9 Å². The number of hydrogen-bond acceptors (Lipinski definition) is 10. The molecule has 1 fully saturated rings. The van der Waals surface area contributed by atoms with Crippen LogP contribution in [0.4, 0.5) is 22.0 Å². The topological polar surface area (TPSA) is 157 Å². The molecule has 1 aromatic heterocycles. The van der Waals surface area contributed by atoms with Crippen LogP contribution in [0.25, 0.3) is 0 Å². The van der Waals surface area contributed by atoms with Gasteiger partial charge in [0.2, 0.25) is 0 Å². The number of rotatable bonds is 7. The van der Waals surface area contributed by atoms with Crippen molar-refractivity contribution >= 4 is 41.1 Å². The summed E-state index contributed by atoms with van der Waals surface area (Å²) in [6, 6.07) is 17.3. The van der Waals surface area contributed by atoms with Crippen molar-refractivity contribution in [3.05, 3.63) is 71.5 Å². The van der Waals surface area contributed by atoms with Crippen LogP contribution in [0.5, 0.6) is 0 Å². The number of aliphatic hydroxyl groups is 1. The lowest BCUT2D eigenvalue weighted by molar-refractivity contribution is 0.164. The molecule has 5 N–H and O–H groups in total. The normalized spacial score (nSPS) is 20.7. The van der Waals surface area contributed by atoms with Crippen LogP contribution in [0.15, 0.2) is 74.2 Å². The lowest BCUT2D eigenvalue weighted by Crippen LogP contribution is -2.42. The number of urea groups is 1. The third kappa shape index (κ3) is 6.28. The fourth-order valence-electron chi connectivity index (χ4n) is 5.82. The fraction of sp³-hybridized carbons (Fsp3) is 0.406. The van der Waals surface area contributed by atoms with E-state index in [1.54, 1.807) is 23.2 Å². The zero-order valence-electron chi connectivity index (χ0n) is 25.3. The molecule has 3 aromatic rings. The molecule has 4 heterocycles. The van der Waals surface area contributed by atoms with Crippen LogP contribution < -0.4 is 21.4 Å². The predicted octanol–water partition coefficient (Wildman–Crippen LogP) is 4.35. The maximum Gasteiger partial charge on any atom is 0.324 e. The van der Waals surface area contributed by atoms with E-state index in [4.69, 9.17) is 15.4 Å². The van der Waals surface area contributed by atoms with E-state index >= 15 is 0 Å². The monoisotopic (exact) mass is 597 g/mol.